The van der Waals surface area contributed by atoms with Gasteiger partial charge in [0.25, 0.3) is 0 Å². The highest BCUT2D eigenvalue weighted by Crippen LogP contribution is 2.66. The molecular weight excluding hydrogens is 470 g/mol. The molecule has 0 heterocycles. The van der Waals surface area contributed by atoms with Crippen molar-refractivity contribution in [1.29, 1.82) is 0 Å². The summed E-state index contributed by atoms with van der Waals surface area (Å²) in [6.45, 7) is 0. The van der Waals surface area contributed by atoms with E-state index in [0.29, 0.717) is 10.0 Å². The Bertz CT molecular complexity index is 1330. The first-order chi connectivity index (χ1) is 14.1. The summed E-state index contributed by atoms with van der Waals surface area (Å²) in [6, 6.07) is 17.3. The molecule has 0 nitrogen and oxygen atoms in total. The molecule has 0 radical (unpaired) electrons. The predicted octanol–water partition coefficient (Wildman–Crippen LogP) is 8.26. The topological polar surface area (TPSA) is 0 Å². The summed E-state index contributed by atoms with van der Waals surface area (Å²) in [5.41, 5.74) is -1.17. The van der Waals surface area contributed by atoms with Gasteiger partial charge in [0.05, 0.1) is 0 Å². The van der Waals surface area contributed by atoms with Gasteiger partial charge in [0, 0.05) is 15.6 Å². The second kappa shape index (κ2) is 6.00. The van der Waals surface area contributed by atoms with Crippen LogP contribution in [0.2, 0.25) is 0 Å². The van der Waals surface area contributed by atoms with Crippen LogP contribution in [-0.2, 0) is 11.8 Å². The van der Waals surface area contributed by atoms with Gasteiger partial charge in [-0.15, -0.1) is 0 Å². The Morgan fingerprint density at radius 1 is 0.533 bits per heavy atom. The molecule has 152 valence electrons. The fourth-order valence-corrected chi connectivity index (χ4v) is 4.55. The van der Waals surface area contributed by atoms with E-state index in [0.717, 1.165) is 5.56 Å². The van der Waals surface area contributed by atoms with Crippen molar-refractivity contribution in [3.8, 4) is 11.1 Å². The number of hydrogen-bond donors (Lipinski definition) is 0. The van der Waals surface area contributed by atoms with Crippen LogP contribution in [0.15, 0.2) is 71.2 Å². The van der Waals surface area contributed by atoms with Gasteiger partial charge in [0.1, 0.15) is 0 Å². The molecule has 0 saturated carbocycles. The highest BCUT2D eigenvalue weighted by molar-refractivity contribution is 9.10. The number of alkyl halides is 6. The third-order valence-electron chi connectivity index (χ3n) is 5.60. The fourth-order valence-electron chi connectivity index (χ4n) is 4.19. The van der Waals surface area contributed by atoms with Crippen LogP contribution >= 0.6 is 15.9 Å². The van der Waals surface area contributed by atoms with E-state index in [4.69, 9.17) is 0 Å². The normalized spacial score (nSPS) is 18.6. The Kier molecular flexibility index (Phi) is 3.89. The molecule has 0 atom stereocenters. The smallest absolute Gasteiger partial charge is 0.194 e. The SMILES string of the molecule is FC1(F)c2c(c3ccc(-c4ccccc4)cc3c3cc(Br)ccc23)C(F)(F)C1(F)F. The zero-order valence-corrected chi connectivity index (χ0v) is 16.6. The van der Waals surface area contributed by atoms with Crippen LogP contribution in [0.5, 0.6) is 0 Å². The van der Waals surface area contributed by atoms with Crippen molar-refractivity contribution >= 4 is 37.5 Å². The van der Waals surface area contributed by atoms with Gasteiger partial charge in [-0.05, 0) is 50.9 Å². The molecule has 4 aromatic rings. The van der Waals surface area contributed by atoms with Crippen LogP contribution in [0, 0.1) is 0 Å². The molecule has 0 N–H and O–H groups in total. The molecule has 4 aromatic carbocycles. The standard InChI is InChI=1S/C23H11BrF6/c24-14-7-9-16-18(11-14)17-10-13(12-4-2-1-3-5-12)6-8-15(17)19-20(16)22(27,28)23(29,30)21(19,25)26/h1-11H. The molecule has 0 spiro atoms. The third kappa shape index (κ3) is 2.30. The second-order valence-electron chi connectivity index (χ2n) is 7.29. The quantitative estimate of drug-likeness (QED) is 0.190. The number of fused-ring (bicyclic) bond motifs is 6. The molecule has 7 heteroatoms. The van der Waals surface area contributed by atoms with Crippen molar-refractivity contribution in [2.24, 2.45) is 0 Å². The van der Waals surface area contributed by atoms with Gasteiger partial charge in [0.15, 0.2) is 0 Å². The van der Waals surface area contributed by atoms with E-state index in [2.05, 4.69) is 15.9 Å². The molecular formula is C23H11BrF6. The van der Waals surface area contributed by atoms with E-state index in [9.17, 15) is 26.3 Å². The Hall–Kier alpha value is -2.54. The zero-order valence-electron chi connectivity index (χ0n) is 15.0. The third-order valence-corrected chi connectivity index (χ3v) is 6.10. The van der Waals surface area contributed by atoms with Crippen LogP contribution in [0.1, 0.15) is 11.1 Å². The van der Waals surface area contributed by atoms with Gasteiger partial charge >= 0.3 is 17.8 Å². The van der Waals surface area contributed by atoms with Crippen LogP contribution in [0.3, 0.4) is 0 Å². The van der Waals surface area contributed by atoms with Crippen LogP contribution in [0.4, 0.5) is 26.3 Å². The van der Waals surface area contributed by atoms with Crippen molar-refractivity contribution < 1.29 is 26.3 Å². The summed E-state index contributed by atoms with van der Waals surface area (Å²) in [7, 11) is 0. The predicted molar refractivity (Wildman–Crippen MR) is 107 cm³/mol. The van der Waals surface area contributed by atoms with Gasteiger partial charge in [0.2, 0.25) is 0 Å². The van der Waals surface area contributed by atoms with E-state index in [-0.39, 0.29) is 21.5 Å². The molecule has 0 amide bonds. The van der Waals surface area contributed by atoms with Crippen molar-refractivity contribution in [3.63, 3.8) is 0 Å². The summed E-state index contributed by atoms with van der Waals surface area (Å²) >= 11 is 3.25. The zero-order chi connectivity index (χ0) is 21.5. The molecule has 0 unspecified atom stereocenters. The van der Waals surface area contributed by atoms with Gasteiger partial charge < -0.3 is 0 Å². The number of hydrogen-bond acceptors (Lipinski definition) is 0. The lowest BCUT2D eigenvalue weighted by molar-refractivity contribution is -0.301. The summed E-state index contributed by atoms with van der Waals surface area (Å²) in [5.74, 6) is -15.6. The fraction of sp³-hybridized carbons (Fsp3) is 0.130. The van der Waals surface area contributed by atoms with Gasteiger partial charge in [-0.2, -0.15) is 26.3 Å². The lowest BCUT2D eigenvalue weighted by atomic mass is 9.90. The Morgan fingerprint density at radius 2 is 1.07 bits per heavy atom. The van der Waals surface area contributed by atoms with E-state index in [1.54, 1.807) is 18.2 Å². The molecule has 0 aliphatic heterocycles. The van der Waals surface area contributed by atoms with Crippen molar-refractivity contribution in [2.45, 2.75) is 17.8 Å². The van der Waals surface area contributed by atoms with Crippen molar-refractivity contribution in [1.82, 2.24) is 0 Å². The second-order valence-corrected chi connectivity index (χ2v) is 8.21. The Labute approximate surface area is 175 Å². The highest BCUT2D eigenvalue weighted by Gasteiger charge is 2.79. The van der Waals surface area contributed by atoms with Crippen molar-refractivity contribution in [3.05, 3.63) is 82.3 Å². The number of rotatable bonds is 1. The van der Waals surface area contributed by atoms with E-state index in [1.807, 2.05) is 18.2 Å². The van der Waals surface area contributed by atoms with Gasteiger partial charge in [-0.1, -0.05) is 64.5 Å². The summed E-state index contributed by atoms with van der Waals surface area (Å²) in [5, 5.41) is -0.214. The summed E-state index contributed by atoms with van der Waals surface area (Å²) in [6.07, 6.45) is 0. The van der Waals surface area contributed by atoms with E-state index in [1.165, 1.54) is 30.3 Å². The Morgan fingerprint density at radius 3 is 1.67 bits per heavy atom. The maximum Gasteiger partial charge on any atom is 0.380 e. The highest BCUT2D eigenvalue weighted by atomic mass is 79.9. The number of benzene rings is 4. The van der Waals surface area contributed by atoms with Gasteiger partial charge in [-0.3, -0.25) is 0 Å². The molecule has 1 aliphatic rings. The summed E-state index contributed by atoms with van der Waals surface area (Å²) in [4.78, 5) is 0. The number of halogens is 7. The molecule has 0 fully saturated rings. The molecule has 0 aromatic heterocycles. The largest absolute Gasteiger partial charge is 0.380 e. The minimum atomic E-state index is -5.53. The average Bonchev–Trinajstić information content (AvgIpc) is 2.83. The molecule has 0 saturated heterocycles. The lowest BCUT2D eigenvalue weighted by Crippen LogP contribution is -2.43. The molecule has 30 heavy (non-hydrogen) atoms. The summed E-state index contributed by atoms with van der Waals surface area (Å²) < 4.78 is 87.8. The van der Waals surface area contributed by atoms with Gasteiger partial charge in [-0.25, -0.2) is 0 Å². The van der Waals surface area contributed by atoms with Crippen molar-refractivity contribution in [2.75, 3.05) is 0 Å². The van der Waals surface area contributed by atoms with Crippen LogP contribution < -0.4 is 0 Å². The minimum Gasteiger partial charge on any atom is -0.194 e. The first-order valence-electron chi connectivity index (χ1n) is 8.96. The lowest BCUT2D eigenvalue weighted by Gasteiger charge is -2.23. The monoisotopic (exact) mass is 480 g/mol. The van der Waals surface area contributed by atoms with Crippen LogP contribution in [0.25, 0.3) is 32.7 Å². The first-order valence-corrected chi connectivity index (χ1v) is 9.75. The maximum atomic E-state index is 14.7. The maximum absolute atomic E-state index is 14.7. The minimum absolute atomic E-state index is 0.198. The molecule has 5 rings (SSSR count). The first kappa shape index (κ1) is 19.4. The van der Waals surface area contributed by atoms with E-state index < -0.39 is 28.9 Å². The average molecular weight is 481 g/mol. The van der Waals surface area contributed by atoms with Crippen LogP contribution in [-0.4, -0.2) is 5.92 Å². The van der Waals surface area contributed by atoms with E-state index >= 15 is 0 Å². The Balaban J connectivity index is 1.99. The molecule has 1 aliphatic carbocycles. The molecule has 0 bridgehead atoms.